The lowest BCUT2D eigenvalue weighted by molar-refractivity contribution is -0.116. The number of imidazole rings is 1. The van der Waals surface area contributed by atoms with Gasteiger partial charge >= 0.3 is 0 Å². The van der Waals surface area contributed by atoms with E-state index in [9.17, 15) is 4.79 Å². The average Bonchev–Trinajstić information content (AvgIpc) is 3.21. The number of aromatic nitrogens is 2. The van der Waals surface area contributed by atoms with Gasteiger partial charge in [0, 0.05) is 18.2 Å². The Kier molecular flexibility index (Phi) is 5.11. The van der Waals surface area contributed by atoms with Crippen molar-refractivity contribution in [3.8, 4) is 11.5 Å². The molecule has 0 saturated carbocycles. The predicted molar refractivity (Wildman–Crippen MR) is 133 cm³/mol. The van der Waals surface area contributed by atoms with Crippen molar-refractivity contribution in [3.63, 3.8) is 0 Å². The zero-order valence-corrected chi connectivity index (χ0v) is 18.5. The molecule has 1 amide bonds. The Morgan fingerprint density at radius 1 is 0.882 bits per heavy atom. The van der Waals surface area contributed by atoms with E-state index in [2.05, 4.69) is 41.7 Å². The number of rotatable bonds is 5. The normalized spacial score (nSPS) is 12.7. The molecule has 1 aliphatic heterocycles. The zero-order chi connectivity index (χ0) is 22.9. The molecular formula is C28H23N3O3. The number of nitrogens with one attached hydrogen (secondary N) is 1. The molecule has 0 fully saturated rings. The molecule has 0 radical (unpaired) electrons. The standard InChI is InChI=1S/C28H23N3O3/c32-28(29-21-12-13-25-26(17-21)34-15-14-33-25)18-31-24-11-4-3-10-23(24)30-27(31)16-20-8-5-7-19-6-1-2-9-22(19)20/h1-13,17H,14-16,18H2,(H,29,32). The molecule has 6 nitrogen and oxygen atoms in total. The highest BCUT2D eigenvalue weighted by Crippen LogP contribution is 2.32. The first-order valence-corrected chi connectivity index (χ1v) is 11.3. The molecule has 2 heterocycles. The molecule has 1 aliphatic rings. The predicted octanol–water partition coefficient (Wildman–Crippen LogP) is 5.19. The van der Waals surface area contributed by atoms with Crippen LogP contribution in [-0.2, 0) is 17.8 Å². The van der Waals surface area contributed by atoms with Gasteiger partial charge in [-0.15, -0.1) is 0 Å². The monoisotopic (exact) mass is 449 g/mol. The number of para-hydroxylation sites is 2. The van der Waals surface area contributed by atoms with Crippen molar-refractivity contribution in [2.45, 2.75) is 13.0 Å². The number of ether oxygens (including phenoxy) is 2. The summed E-state index contributed by atoms with van der Waals surface area (Å²) in [7, 11) is 0. The van der Waals surface area contributed by atoms with Gasteiger partial charge in [-0.05, 0) is 40.6 Å². The first-order chi connectivity index (χ1) is 16.7. The molecule has 168 valence electrons. The fourth-order valence-electron chi connectivity index (χ4n) is 4.52. The van der Waals surface area contributed by atoms with E-state index in [-0.39, 0.29) is 12.5 Å². The van der Waals surface area contributed by atoms with E-state index in [0.717, 1.165) is 16.9 Å². The third-order valence-corrected chi connectivity index (χ3v) is 6.09. The molecule has 34 heavy (non-hydrogen) atoms. The van der Waals surface area contributed by atoms with Gasteiger partial charge in [0.2, 0.25) is 5.91 Å². The minimum absolute atomic E-state index is 0.126. The van der Waals surface area contributed by atoms with Gasteiger partial charge in [0.15, 0.2) is 11.5 Å². The van der Waals surface area contributed by atoms with E-state index in [1.54, 1.807) is 6.07 Å². The average molecular weight is 450 g/mol. The first kappa shape index (κ1) is 20.3. The molecule has 6 heteroatoms. The van der Waals surface area contributed by atoms with Gasteiger partial charge in [0.25, 0.3) is 0 Å². The number of hydrogen-bond acceptors (Lipinski definition) is 4. The topological polar surface area (TPSA) is 65.4 Å². The van der Waals surface area contributed by atoms with E-state index in [4.69, 9.17) is 14.5 Å². The van der Waals surface area contributed by atoms with Crippen LogP contribution in [0.1, 0.15) is 11.4 Å². The molecule has 1 N–H and O–H groups in total. The number of benzene rings is 4. The number of fused-ring (bicyclic) bond motifs is 3. The quantitative estimate of drug-likeness (QED) is 0.401. The van der Waals surface area contributed by atoms with Gasteiger partial charge in [0.1, 0.15) is 25.6 Å². The maximum atomic E-state index is 13.1. The minimum Gasteiger partial charge on any atom is -0.486 e. The summed E-state index contributed by atoms with van der Waals surface area (Å²) in [6.07, 6.45) is 0.632. The lowest BCUT2D eigenvalue weighted by Gasteiger charge is -2.19. The smallest absolute Gasteiger partial charge is 0.244 e. The lowest BCUT2D eigenvalue weighted by atomic mass is 10.0. The number of carbonyl (C=O) groups is 1. The highest BCUT2D eigenvalue weighted by atomic mass is 16.6. The van der Waals surface area contributed by atoms with Crippen LogP contribution in [-0.4, -0.2) is 28.7 Å². The molecule has 0 spiro atoms. The van der Waals surface area contributed by atoms with E-state index in [0.29, 0.717) is 36.8 Å². The Morgan fingerprint density at radius 2 is 1.68 bits per heavy atom. The van der Waals surface area contributed by atoms with Crippen LogP contribution < -0.4 is 14.8 Å². The Balaban J connectivity index is 1.31. The summed E-state index contributed by atoms with van der Waals surface area (Å²) < 4.78 is 13.2. The van der Waals surface area contributed by atoms with E-state index in [1.165, 1.54) is 16.3 Å². The fourth-order valence-corrected chi connectivity index (χ4v) is 4.52. The number of anilines is 1. The molecule has 0 bridgehead atoms. The molecule has 0 unspecified atom stereocenters. The van der Waals surface area contributed by atoms with Crippen LogP contribution in [0.5, 0.6) is 11.5 Å². The lowest BCUT2D eigenvalue weighted by Crippen LogP contribution is -2.21. The van der Waals surface area contributed by atoms with E-state index >= 15 is 0 Å². The van der Waals surface area contributed by atoms with Gasteiger partial charge in [-0.2, -0.15) is 0 Å². The summed E-state index contributed by atoms with van der Waals surface area (Å²) in [6.45, 7) is 1.20. The second-order valence-corrected chi connectivity index (χ2v) is 8.32. The SMILES string of the molecule is O=C(Cn1c(Cc2cccc3ccccc23)nc2ccccc21)Nc1ccc2c(c1)OCCO2. The summed E-state index contributed by atoms with van der Waals surface area (Å²) >= 11 is 0. The van der Waals surface area contributed by atoms with Gasteiger partial charge < -0.3 is 19.4 Å². The van der Waals surface area contributed by atoms with Crippen molar-refractivity contribution >= 4 is 33.4 Å². The van der Waals surface area contributed by atoms with Gasteiger partial charge in [-0.3, -0.25) is 4.79 Å². The third kappa shape index (κ3) is 3.83. The molecule has 0 aliphatic carbocycles. The molecule has 0 saturated heterocycles. The second kappa shape index (κ2) is 8.56. The Bertz CT molecular complexity index is 1520. The highest BCUT2D eigenvalue weighted by molar-refractivity contribution is 5.92. The van der Waals surface area contributed by atoms with Gasteiger partial charge in [0.05, 0.1) is 11.0 Å². The number of nitrogens with zero attached hydrogens (tertiary/aromatic N) is 2. The van der Waals surface area contributed by atoms with Crippen molar-refractivity contribution in [1.29, 1.82) is 0 Å². The summed E-state index contributed by atoms with van der Waals surface area (Å²) in [4.78, 5) is 18.0. The van der Waals surface area contributed by atoms with E-state index in [1.807, 2.05) is 47.0 Å². The maximum absolute atomic E-state index is 13.1. The van der Waals surface area contributed by atoms with Crippen LogP contribution >= 0.6 is 0 Å². The van der Waals surface area contributed by atoms with Crippen molar-refractivity contribution in [3.05, 3.63) is 96.3 Å². The van der Waals surface area contributed by atoms with Crippen molar-refractivity contribution in [2.75, 3.05) is 18.5 Å². The summed E-state index contributed by atoms with van der Waals surface area (Å²) in [5.41, 5.74) is 3.68. The molecule has 6 rings (SSSR count). The Labute approximate surface area is 196 Å². The zero-order valence-electron chi connectivity index (χ0n) is 18.5. The van der Waals surface area contributed by atoms with Crippen LogP contribution in [0.3, 0.4) is 0 Å². The van der Waals surface area contributed by atoms with E-state index < -0.39 is 0 Å². The van der Waals surface area contributed by atoms with Crippen LogP contribution in [0, 0.1) is 0 Å². The van der Waals surface area contributed by atoms with Gasteiger partial charge in [-0.1, -0.05) is 54.6 Å². The van der Waals surface area contributed by atoms with Crippen molar-refractivity contribution in [1.82, 2.24) is 9.55 Å². The van der Waals surface area contributed by atoms with Crippen molar-refractivity contribution < 1.29 is 14.3 Å². The van der Waals surface area contributed by atoms with Crippen molar-refractivity contribution in [2.24, 2.45) is 0 Å². The maximum Gasteiger partial charge on any atom is 0.244 e. The molecule has 4 aromatic carbocycles. The molecule has 1 aromatic heterocycles. The van der Waals surface area contributed by atoms with Crippen LogP contribution in [0.2, 0.25) is 0 Å². The minimum atomic E-state index is -0.126. The molecule has 0 atom stereocenters. The second-order valence-electron chi connectivity index (χ2n) is 8.32. The first-order valence-electron chi connectivity index (χ1n) is 11.3. The Hall–Kier alpha value is -4.32. The number of hydrogen-bond donors (Lipinski definition) is 1. The Morgan fingerprint density at radius 3 is 2.62 bits per heavy atom. The van der Waals surface area contributed by atoms with Gasteiger partial charge in [-0.25, -0.2) is 4.98 Å². The highest BCUT2D eigenvalue weighted by Gasteiger charge is 2.17. The number of carbonyl (C=O) groups excluding carboxylic acids is 1. The molecule has 5 aromatic rings. The summed E-state index contributed by atoms with van der Waals surface area (Å²) in [6, 6.07) is 28.0. The van der Waals surface area contributed by atoms with Crippen LogP contribution in [0.25, 0.3) is 21.8 Å². The summed E-state index contributed by atoms with van der Waals surface area (Å²) in [5.74, 6) is 2.07. The third-order valence-electron chi connectivity index (χ3n) is 6.09. The summed E-state index contributed by atoms with van der Waals surface area (Å²) in [5, 5.41) is 5.38. The van der Waals surface area contributed by atoms with Crippen LogP contribution in [0.15, 0.2) is 84.9 Å². The molecular weight excluding hydrogens is 426 g/mol. The largest absolute Gasteiger partial charge is 0.486 e. The fraction of sp³-hybridized carbons (Fsp3) is 0.143. The number of amides is 1. The van der Waals surface area contributed by atoms with Crippen LogP contribution in [0.4, 0.5) is 5.69 Å².